The summed E-state index contributed by atoms with van der Waals surface area (Å²) in [6.07, 6.45) is 1.74. The molecular weight excluding hydrogens is 414 g/mol. The first-order valence-electron chi connectivity index (χ1n) is 11.0. The van der Waals surface area contributed by atoms with Crippen LogP contribution in [0, 0.1) is 0 Å². The largest absolute Gasteiger partial charge is 0.486 e. The highest BCUT2D eigenvalue weighted by atomic mass is 32.1. The lowest BCUT2D eigenvalue weighted by Crippen LogP contribution is -2.47. The third-order valence-electron chi connectivity index (χ3n) is 6.29. The first-order chi connectivity index (χ1) is 15.2. The van der Waals surface area contributed by atoms with E-state index in [-0.39, 0.29) is 5.91 Å². The lowest BCUT2D eigenvalue weighted by Gasteiger charge is -2.38. The Hall–Kier alpha value is -2.36. The number of thiazole rings is 1. The van der Waals surface area contributed by atoms with Gasteiger partial charge in [-0.3, -0.25) is 9.69 Å². The SMILES string of the molecule is CC(c1ccc2c(c1)OCCO2)N1CCN(c2ncc(C(=O)N3CCNCC3)s2)CC1. The highest BCUT2D eigenvalue weighted by Crippen LogP contribution is 2.34. The Morgan fingerprint density at radius 2 is 1.81 bits per heavy atom. The number of nitrogens with zero attached hydrogens (tertiary/aromatic N) is 4. The Balaban J connectivity index is 1.19. The van der Waals surface area contributed by atoms with Crippen molar-refractivity contribution >= 4 is 22.4 Å². The number of aromatic nitrogens is 1. The highest BCUT2D eigenvalue weighted by molar-refractivity contribution is 7.17. The molecule has 0 radical (unpaired) electrons. The monoisotopic (exact) mass is 443 g/mol. The number of fused-ring (bicyclic) bond motifs is 1. The second-order valence-corrected chi connectivity index (χ2v) is 9.16. The van der Waals surface area contributed by atoms with E-state index < -0.39 is 0 Å². The minimum Gasteiger partial charge on any atom is -0.486 e. The van der Waals surface area contributed by atoms with Gasteiger partial charge in [0.15, 0.2) is 16.6 Å². The number of benzene rings is 1. The number of carbonyl (C=O) groups excluding carboxylic acids is 1. The summed E-state index contributed by atoms with van der Waals surface area (Å²) in [5.74, 6) is 1.79. The molecule has 3 aliphatic rings. The van der Waals surface area contributed by atoms with Crippen LogP contribution in [0.5, 0.6) is 11.5 Å². The van der Waals surface area contributed by atoms with Crippen molar-refractivity contribution in [2.75, 3.05) is 70.5 Å². The van der Waals surface area contributed by atoms with E-state index in [1.807, 2.05) is 11.0 Å². The summed E-state index contributed by atoms with van der Waals surface area (Å²) >= 11 is 1.52. The molecule has 1 atom stereocenters. The third-order valence-corrected chi connectivity index (χ3v) is 7.34. The average Bonchev–Trinajstić information content (AvgIpc) is 3.34. The van der Waals surface area contributed by atoms with E-state index in [2.05, 4.69) is 39.2 Å². The molecule has 1 aromatic carbocycles. The maximum absolute atomic E-state index is 12.7. The highest BCUT2D eigenvalue weighted by Gasteiger charge is 2.26. The van der Waals surface area contributed by atoms with Crippen LogP contribution in [0.2, 0.25) is 0 Å². The van der Waals surface area contributed by atoms with Gasteiger partial charge in [0.1, 0.15) is 18.1 Å². The molecule has 2 saturated heterocycles. The zero-order valence-corrected chi connectivity index (χ0v) is 18.7. The van der Waals surface area contributed by atoms with Crippen molar-refractivity contribution in [2.45, 2.75) is 13.0 Å². The Kier molecular flexibility index (Phi) is 5.97. The summed E-state index contributed by atoms with van der Waals surface area (Å²) in [5, 5.41) is 4.23. The van der Waals surface area contributed by atoms with Crippen LogP contribution in [0.25, 0.3) is 0 Å². The quantitative estimate of drug-likeness (QED) is 0.773. The molecule has 0 spiro atoms. The maximum Gasteiger partial charge on any atom is 0.265 e. The molecule has 1 unspecified atom stereocenters. The number of nitrogens with one attached hydrogen (secondary N) is 1. The van der Waals surface area contributed by atoms with Gasteiger partial charge in [0.05, 0.1) is 6.20 Å². The Morgan fingerprint density at radius 3 is 2.58 bits per heavy atom. The molecule has 166 valence electrons. The fraction of sp³-hybridized carbons (Fsp3) is 0.545. The van der Waals surface area contributed by atoms with E-state index in [1.54, 1.807) is 6.20 Å². The number of amides is 1. The lowest BCUT2D eigenvalue weighted by molar-refractivity contribution is 0.0740. The number of rotatable bonds is 4. The second-order valence-electron chi connectivity index (χ2n) is 8.15. The number of hydrogen-bond acceptors (Lipinski definition) is 8. The topological polar surface area (TPSA) is 70.2 Å². The molecule has 0 bridgehead atoms. The van der Waals surface area contributed by atoms with E-state index in [0.29, 0.717) is 19.3 Å². The summed E-state index contributed by atoms with van der Waals surface area (Å²) < 4.78 is 11.4. The summed E-state index contributed by atoms with van der Waals surface area (Å²) in [5.41, 5.74) is 1.25. The molecule has 9 heteroatoms. The van der Waals surface area contributed by atoms with Crippen molar-refractivity contribution in [2.24, 2.45) is 0 Å². The molecule has 0 saturated carbocycles. The Morgan fingerprint density at radius 1 is 1.06 bits per heavy atom. The van der Waals surface area contributed by atoms with E-state index in [1.165, 1.54) is 16.9 Å². The predicted octanol–water partition coefficient (Wildman–Crippen LogP) is 1.84. The normalized spacial score (nSPS) is 20.5. The van der Waals surface area contributed by atoms with Gasteiger partial charge in [0, 0.05) is 58.4 Å². The van der Waals surface area contributed by atoms with E-state index >= 15 is 0 Å². The summed E-state index contributed by atoms with van der Waals surface area (Å²) in [7, 11) is 0. The molecule has 1 amide bonds. The smallest absolute Gasteiger partial charge is 0.265 e. The zero-order valence-electron chi connectivity index (χ0n) is 17.9. The molecule has 8 nitrogen and oxygen atoms in total. The lowest BCUT2D eigenvalue weighted by atomic mass is 10.1. The summed E-state index contributed by atoms with van der Waals surface area (Å²) in [6.45, 7) is 10.4. The summed E-state index contributed by atoms with van der Waals surface area (Å²) in [6, 6.07) is 6.57. The van der Waals surface area contributed by atoms with Gasteiger partial charge in [0.25, 0.3) is 5.91 Å². The first kappa shape index (κ1) is 20.5. The number of anilines is 1. The van der Waals surface area contributed by atoms with Gasteiger partial charge in [-0.25, -0.2) is 4.98 Å². The Bertz CT molecular complexity index is 922. The van der Waals surface area contributed by atoms with Crippen molar-refractivity contribution < 1.29 is 14.3 Å². The first-order valence-corrected chi connectivity index (χ1v) is 11.8. The van der Waals surface area contributed by atoms with Gasteiger partial charge in [-0.05, 0) is 24.6 Å². The van der Waals surface area contributed by atoms with Gasteiger partial charge in [-0.15, -0.1) is 0 Å². The van der Waals surface area contributed by atoms with Crippen LogP contribution in [0.1, 0.15) is 28.2 Å². The van der Waals surface area contributed by atoms with Gasteiger partial charge in [-0.2, -0.15) is 0 Å². The molecule has 4 heterocycles. The maximum atomic E-state index is 12.7. The van der Waals surface area contributed by atoms with Crippen LogP contribution >= 0.6 is 11.3 Å². The van der Waals surface area contributed by atoms with Crippen LogP contribution in [0.15, 0.2) is 24.4 Å². The van der Waals surface area contributed by atoms with Crippen LogP contribution < -0.4 is 19.7 Å². The number of piperazine rings is 2. The molecule has 3 aliphatic heterocycles. The second kappa shape index (κ2) is 9.02. The fourth-order valence-corrected chi connectivity index (χ4v) is 5.30. The minimum atomic E-state index is 0.108. The fourth-order valence-electron chi connectivity index (χ4n) is 4.36. The third kappa shape index (κ3) is 4.35. The van der Waals surface area contributed by atoms with Gasteiger partial charge < -0.3 is 24.6 Å². The van der Waals surface area contributed by atoms with Crippen molar-refractivity contribution in [3.8, 4) is 11.5 Å². The molecule has 5 rings (SSSR count). The molecule has 2 fully saturated rings. The molecule has 0 aliphatic carbocycles. The number of carbonyl (C=O) groups is 1. The van der Waals surface area contributed by atoms with Crippen LogP contribution in [0.4, 0.5) is 5.13 Å². The van der Waals surface area contributed by atoms with E-state index in [9.17, 15) is 4.79 Å². The summed E-state index contributed by atoms with van der Waals surface area (Å²) in [4.78, 5) is 24.7. The van der Waals surface area contributed by atoms with Crippen molar-refractivity contribution in [1.82, 2.24) is 20.1 Å². The number of ether oxygens (including phenoxy) is 2. The van der Waals surface area contributed by atoms with Crippen molar-refractivity contribution in [3.05, 3.63) is 34.8 Å². The van der Waals surface area contributed by atoms with Gasteiger partial charge in [0.2, 0.25) is 0 Å². The van der Waals surface area contributed by atoms with Crippen molar-refractivity contribution in [3.63, 3.8) is 0 Å². The van der Waals surface area contributed by atoms with Crippen LogP contribution in [0.3, 0.4) is 0 Å². The van der Waals surface area contributed by atoms with E-state index in [4.69, 9.17) is 9.47 Å². The van der Waals surface area contributed by atoms with Crippen LogP contribution in [-0.4, -0.2) is 86.3 Å². The molecule has 2 aromatic rings. The minimum absolute atomic E-state index is 0.108. The average molecular weight is 444 g/mol. The van der Waals surface area contributed by atoms with Crippen molar-refractivity contribution in [1.29, 1.82) is 0 Å². The zero-order chi connectivity index (χ0) is 21.2. The van der Waals surface area contributed by atoms with Crippen LogP contribution in [-0.2, 0) is 0 Å². The Labute approximate surface area is 186 Å². The van der Waals surface area contributed by atoms with Gasteiger partial charge in [-0.1, -0.05) is 17.4 Å². The molecular formula is C22H29N5O3S. The molecule has 31 heavy (non-hydrogen) atoms. The van der Waals surface area contributed by atoms with E-state index in [0.717, 1.165) is 73.9 Å². The number of hydrogen-bond donors (Lipinski definition) is 1. The molecule has 1 aromatic heterocycles. The molecule has 1 N–H and O–H groups in total. The predicted molar refractivity (Wildman–Crippen MR) is 121 cm³/mol. The standard InChI is InChI=1S/C22H29N5O3S/c1-16(17-2-3-18-19(14-17)30-13-12-29-18)25-8-10-27(11-9-25)22-24-15-20(31-22)21(28)26-6-4-23-5-7-26/h2-3,14-16,23H,4-13H2,1H3. The van der Waals surface area contributed by atoms with Gasteiger partial charge >= 0.3 is 0 Å².